The van der Waals surface area contributed by atoms with Gasteiger partial charge in [0, 0.05) is 37.3 Å². The van der Waals surface area contributed by atoms with Gasteiger partial charge in [0.2, 0.25) is 0 Å². The van der Waals surface area contributed by atoms with Crippen LogP contribution in [-0.4, -0.2) is 19.6 Å². The fraction of sp³-hybridized carbons (Fsp3) is 0.385. The second kappa shape index (κ2) is 4.67. The molecule has 2 aromatic heterocycles. The SMILES string of the molecule is Cc1cc(C(O)Cc2nccn2C)cc(C)n1. The van der Waals surface area contributed by atoms with Gasteiger partial charge in [0.25, 0.3) is 0 Å². The first-order chi connectivity index (χ1) is 8.06. The first-order valence-electron chi connectivity index (χ1n) is 5.65. The lowest BCUT2D eigenvalue weighted by molar-refractivity contribution is 0.174. The molecule has 2 heterocycles. The molecule has 17 heavy (non-hydrogen) atoms. The van der Waals surface area contributed by atoms with E-state index < -0.39 is 6.10 Å². The highest BCUT2D eigenvalue weighted by Gasteiger charge is 2.12. The zero-order valence-electron chi connectivity index (χ0n) is 10.4. The summed E-state index contributed by atoms with van der Waals surface area (Å²) in [6.45, 7) is 3.87. The molecule has 0 spiro atoms. The minimum Gasteiger partial charge on any atom is -0.388 e. The first-order valence-corrected chi connectivity index (χ1v) is 5.65. The monoisotopic (exact) mass is 231 g/mol. The summed E-state index contributed by atoms with van der Waals surface area (Å²) in [5, 5.41) is 10.2. The summed E-state index contributed by atoms with van der Waals surface area (Å²) in [6, 6.07) is 3.83. The third-order valence-corrected chi connectivity index (χ3v) is 2.79. The van der Waals surface area contributed by atoms with E-state index in [4.69, 9.17) is 0 Å². The predicted molar refractivity (Wildman–Crippen MR) is 65.6 cm³/mol. The Morgan fingerprint density at radius 1 is 1.29 bits per heavy atom. The number of imidazole rings is 1. The highest BCUT2D eigenvalue weighted by molar-refractivity contribution is 5.23. The van der Waals surface area contributed by atoms with Gasteiger partial charge in [-0.1, -0.05) is 0 Å². The molecule has 2 aromatic rings. The molecule has 4 nitrogen and oxygen atoms in total. The summed E-state index contributed by atoms with van der Waals surface area (Å²) in [6.07, 6.45) is 3.61. The average Bonchev–Trinajstić information content (AvgIpc) is 2.63. The lowest BCUT2D eigenvalue weighted by Gasteiger charge is -2.12. The Balaban J connectivity index is 2.20. The van der Waals surface area contributed by atoms with Crippen LogP contribution >= 0.6 is 0 Å². The Morgan fingerprint density at radius 2 is 1.94 bits per heavy atom. The Hall–Kier alpha value is -1.68. The van der Waals surface area contributed by atoms with Crippen molar-refractivity contribution in [2.75, 3.05) is 0 Å². The zero-order chi connectivity index (χ0) is 12.4. The molecule has 90 valence electrons. The molecule has 0 bridgehead atoms. The van der Waals surface area contributed by atoms with Crippen molar-refractivity contribution in [3.8, 4) is 0 Å². The van der Waals surface area contributed by atoms with Crippen LogP contribution in [-0.2, 0) is 13.5 Å². The molecule has 0 aliphatic heterocycles. The maximum absolute atomic E-state index is 10.2. The minimum atomic E-state index is -0.531. The van der Waals surface area contributed by atoms with Crippen molar-refractivity contribution in [2.45, 2.75) is 26.4 Å². The lowest BCUT2D eigenvalue weighted by atomic mass is 10.1. The Kier molecular flexibility index (Phi) is 3.24. The van der Waals surface area contributed by atoms with E-state index in [0.717, 1.165) is 22.8 Å². The van der Waals surface area contributed by atoms with Gasteiger partial charge in [-0.15, -0.1) is 0 Å². The number of hydrogen-bond acceptors (Lipinski definition) is 3. The van der Waals surface area contributed by atoms with E-state index in [-0.39, 0.29) is 0 Å². The zero-order valence-corrected chi connectivity index (χ0v) is 10.4. The smallest absolute Gasteiger partial charge is 0.111 e. The molecular weight excluding hydrogens is 214 g/mol. The van der Waals surface area contributed by atoms with Gasteiger partial charge >= 0.3 is 0 Å². The molecule has 0 saturated carbocycles. The number of aromatic nitrogens is 3. The Bertz CT molecular complexity index is 499. The fourth-order valence-corrected chi connectivity index (χ4v) is 1.94. The maximum atomic E-state index is 10.2. The molecule has 0 radical (unpaired) electrons. The van der Waals surface area contributed by atoms with E-state index in [0.29, 0.717) is 6.42 Å². The standard InChI is InChI=1S/C13H17N3O/c1-9-6-11(7-10(2)15-9)12(17)8-13-14-4-5-16(13)3/h4-7,12,17H,8H2,1-3H3. The number of hydrogen-bond donors (Lipinski definition) is 1. The van der Waals surface area contributed by atoms with Gasteiger partial charge in [-0.05, 0) is 31.5 Å². The second-order valence-electron chi connectivity index (χ2n) is 4.36. The van der Waals surface area contributed by atoms with Crippen molar-refractivity contribution in [2.24, 2.45) is 7.05 Å². The van der Waals surface area contributed by atoms with Crippen molar-refractivity contribution in [1.82, 2.24) is 14.5 Å². The molecule has 4 heteroatoms. The molecule has 1 unspecified atom stereocenters. The quantitative estimate of drug-likeness (QED) is 0.874. The van der Waals surface area contributed by atoms with Crippen LogP contribution in [0.15, 0.2) is 24.5 Å². The van der Waals surface area contributed by atoms with Crippen LogP contribution in [0.5, 0.6) is 0 Å². The van der Waals surface area contributed by atoms with Gasteiger partial charge in [0.05, 0.1) is 6.10 Å². The van der Waals surface area contributed by atoms with Crippen molar-refractivity contribution in [1.29, 1.82) is 0 Å². The Morgan fingerprint density at radius 3 is 2.47 bits per heavy atom. The van der Waals surface area contributed by atoms with Crippen LogP contribution < -0.4 is 0 Å². The van der Waals surface area contributed by atoms with E-state index in [1.165, 1.54) is 0 Å². The van der Waals surface area contributed by atoms with Crippen LogP contribution in [0.3, 0.4) is 0 Å². The van der Waals surface area contributed by atoms with Crippen molar-refractivity contribution >= 4 is 0 Å². The highest BCUT2D eigenvalue weighted by atomic mass is 16.3. The maximum Gasteiger partial charge on any atom is 0.111 e. The largest absolute Gasteiger partial charge is 0.388 e. The normalized spacial score (nSPS) is 12.7. The molecule has 0 fully saturated rings. The fourth-order valence-electron chi connectivity index (χ4n) is 1.94. The van der Waals surface area contributed by atoms with Crippen molar-refractivity contribution < 1.29 is 5.11 Å². The number of aryl methyl sites for hydroxylation is 3. The molecule has 2 rings (SSSR count). The number of rotatable bonds is 3. The van der Waals surface area contributed by atoms with Gasteiger partial charge < -0.3 is 9.67 Å². The third kappa shape index (κ3) is 2.71. The summed E-state index contributed by atoms with van der Waals surface area (Å²) in [4.78, 5) is 8.51. The van der Waals surface area contributed by atoms with E-state index in [1.54, 1.807) is 6.20 Å². The van der Waals surface area contributed by atoms with Crippen LogP contribution in [0.25, 0.3) is 0 Å². The number of nitrogens with zero attached hydrogens (tertiary/aromatic N) is 3. The molecule has 0 saturated heterocycles. The van der Waals surface area contributed by atoms with Gasteiger partial charge in [0.1, 0.15) is 5.82 Å². The van der Waals surface area contributed by atoms with Crippen LogP contribution in [0.1, 0.15) is 28.9 Å². The van der Waals surface area contributed by atoms with Crippen molar-refractivity contribution in [3.63, 3.8) is 0 Å². The van der Waals surface area contributed by atoms with E-state index in [9.17, 15) is 5.11 Å². The Labute approximate surface area is 101 Å². The number of pyridine rings is 1. The van der Waals surface area contributed by atoms with Crippen molar-refractivity contribution in [3.05, 3.63) is 47.3 Å². The second-order valence-corrected chi connectivity index (χ2v) is 4.36. The summed E-state index contributed by atoms with van der Waals surface area (Å²) >= 11 is 0. The van der Waals surface area contributed by atoms with E-state index >= 15 is 0 Å². The molecular formula is C13H17N3O. The van der Waals surface area contributed by atoms with Gasteiger partial charge in [-0.25, -0.2) is 4.98 Å². The average molecular weight is 231 g/mol. The topological polar surface area (TPSA) is 50.9 Å². The van der Waals surface area contributed by atoms with Gasteiger partial charge in [-0.3, -0.25) is 4.98 Å². The van der Waals surface area contributed by atoms with Crippen LogP contribution in [0.2, 0.25) is 0 Å². The molecule has 0 aliphatic rings. The predicted octanol–water partition coefficient (Wildman–Crippen LogP) is 1.71. The molecule has 1 N–H and O–H groups in total. The number of aliphatic hydroxyl groups is 1. The summed E-state index contributed by atoms with van der Waals surface area (Å²) < 4.78 is 1.92. The molecule has 1 atom stereocenters. The lowest BCUT2D eigenvalue weighted by Crippen LogP contribution is -2.07. The van der Waals surface area contributed by atoms with Crippen LogP contribution in [0, 0.1) is 13.8 Å². The van der Waals surface area contributed by atoms with Crippen LogP contribution in [0.4, 0.5) is 0 Å². The molecule has 0 aromatic carbocycles. The summed E-state index contributed by atoms with van der Waals surface area (Å²) in [7, 11) is 1.93. The van der Waals surface area contributed by atoms with Gasteiger partial charge in [0.15, 0.2) is 0 Å². The summed E-state index contributed by atoms with van der Waals surface area (Å²) in [5.74, 6) is 0.879. The third-order valence-electron chi connectivity index (χ3n) is 2.79. The highest BCUT2D eigenvalue weighted by Crippen LogP contribution is 2.18. The molecule has 0 aliphatic carbocycles. The first kappa shape index (κ1) is 11.8. The van der Waals surface area contributed by atoms with E-state index in [1.807, 2.05) is 43.8 Å². The van der Waals surface area contributed by atoms with Gasteiger partial charge in [-0.2, -0.15) is 0 Å². The number of aliphatic hydroxyl groups excluding tert-OH is 1. The minimum absolute atomic E-state index is 0.520. The summed E-state index contributed by atoms with van der Waals surface area (Å²) in [5.41, 5.74) is 2.76. The van der Waals surface area contributed by atoms with E-state index in [2.05, 4.69) is 9.97 Å². The molecule has 0 amide bonds.